The van der Waals surface area contributed by atoms with Gasteiger partial charge >= 0.3 is 0 Å². The van der Waals surface area contributed by atoms with E-state index in [0.29, 0.717) is 0 Å². The van der Waals surface area contributed by atoms with Crippen molar-refractivity contribution in [1.29, 1.82) is 0 Å². The molecule has 0 aliphatic heterocycles. The molecule has 11 aromatic carbocycles. The standard InChI is InChI=1S/C60H40N2/c1-2-17-45(18-3-1)61(46-36-34-42(35-37-46)41-30-32-43(33-31-41)56-40-44-16-4-5-19-47(44)48-20-6-7-22-50(48)56)60-39-38-51(49-21-8-9-23-52(49)60)53-24-10-13-27-57(53)62-58-28-14-11-25-54(58)55-26-12-15-29-59(55)62/h1-40H. The Morgan fingerprint density at radius 1 is 0.274 bits per heavy atom. The van der Waals surface area contributed by atoms with Crippen molar-refractivity contribution in [2.45, 2.75) is 0 Å². The maximum atomic E-state index is 2.43. The Balaban J connectivity index is 0.940. The number of benzene rings is 11. The van der Waals surface area contributed by atoms with Gasteiger partial charge in [-0.3, -0.25) is 0 Å². The molecular weight excluding hydrogens is 749 g/mol. The van der Waals surface area contributed by atoms with E-state index in [-0.39, 0.29) is 0 Å². The molecule has 12 rings (SSSR count). The Kier molecular flexibility index (Phi) is 8.53. The quantitative estimate of drug-likeness (QED) is 0.146. The molecule has 0 radical (unpaired) electrons. The van der Waals surface area contributed by atoms with E-state index in [1.807, 2.05) is 0 Å². The van der Waals surface area contributed by atoms with Gasteiger partial charge in [0.05, 0.1) is 22.4 Å². The van der Waals surface area contributed by atoms with Crippen LogP contribution < -0.4 is 4.90 Å². The minimum atomic E-state index is 1.10. The Bertz CT molecular complexity index is 3560. The van der Waals surface area contributed by atoms with Crippen LogP contribution in [0.3, 0.4) is 0 Å². The maximum Gasteiger partial charge on any atom is 0.0541 e. The molecule has 0 atom stereocenters. The number of para-hydroxylation sites is 4. The first-order valence-corrected chi connectivity index (χ1v) is 21.3. The Labute approximate surface area is 360 Å². The monoisotopic (exact) mass is 788 g/mol. The Morgan fingerprint density at radius 2 is 0.758 bits per heavy atom. The number of rotatable bonds is 7. The Morgan fingerprint density at radius 3 is 1.45 bits per heavy atom. The normalized spacial score (nSPS) is 11.5. The van der Waals surface area contributed by atoms with Gasteiger partial charge in [-0.2, -0.15) is 0 Å². The van der Waals surface area contributed by atoms with Crippen molar-refractivity contribution in [3.8, 4) is 39.1 Å². The van der Waals surface area contributed by atoms with Crippen molar-refractivity contribution >= 4 is 71.2 Å². The van der Waals surface area contributed by atoms with Gasteiger partial charge in [-0.05, 0) is 109 Å². The fraction of sp³-hybridized carbons (Fsp3) is 0. The van der Waals surface area contributed by atoms with Crippen LogP contribution in [0.5, 0.6) is 0 Å². The van der Waals surface area contributed by atoms with Crippen LogP contribution in [0.25, 0.3) is 93.2 Å². The van der Waals surface area contributed by atoms with E-state index < -0.39 is 0 Å². The highest BCUT2D eigenvalue weighted by Gasteiger charge is 2.20. The van der Waals surface area contributed by atoms with Gasteiger partial charge in [-0.15, -0.1) is 0 Å². The average molecular weight is 789 g/mol. The lowest BCUT2D eigenvalue weighted by Crippen LogP contribution is -2.10. The number of anilines is 3. The summed E-state index contributed by atoms with van der Waals surface area (Å²) in [6, 6.07) is 88.3. The average Bonchev–Trinajstić information content (AvgIpc) is 3.69. The lowest BCUT2D eigenvalue weighted by Gasteiger charge is -2.28. The third-order valence-corrected chi connectivity index (χ3v) is 12.6. The first-order chi connectivity index (χ1) is 30.8. The number of aromatic nitrogens is 1. The maximum absolute atomic E-state index is 2.43. The zero-order valence-electron chi connectivity index (χ0n) is 34.0. The summed E-state index contributed by atoms with van der Waals surface area (Å²) >= 11 is 0. The summed E-state index contributed by atoms with van der Waals surface area (Å²) in [7, 11) is 0. The summed E-state index contributed by atoms with van der Waals surface area (Å²) in [5, 5.41) is 10.0. The molecule has 0 fully saturated rings. The highest BCUT2D eigenvalue weighted by atomic mass is 15.1. The van der Waals surface area contributed by atoms with E-state index in [4.69, 9.17) is 0 Å². The molecule has 0 saturated heterocycles. The van der Waals surface area contributed by atoms with Crippen LogP contribution in [-0.2, 0) is 0 Å². The summed E-state index contributed by atoms with van der Waals surface area (Å²) in [6.07, 6.45) is 0. The second-order valence-corrected chi connectivity index (χ2v) is 16.1. The van der Waals surface area contributed by atoms with Crippen molar-refractivity contribution in [3.63, 3.8) is 0 Å². The molecule has 0 unspecified atom stereocenters. The summed E-state index contributed by atoms with van der Waals surface area (Å²) in [5.74, 6) is 0. The zero-order valence-corrected chi connectivity index (χ0v) is 34.0. The fourth-order valence-electron chi connectivity index (χ4n) is 9.73. The van der Waals surface area contributed by atoms with Crippen molar-refractivity contribution in [3.05, 3.63) is 243 Å². The number of fused-ring (bicyclic) bond motifs is 7. The minimum Gasteiger partial charge on any atom is -0.310 e. The van der Waals surface area contributed by atoms with Gasteiger partial charge in [0.25, 0.3) is 0 Å². The zero-order chi connectivity index (χ0) is 41.0. The van der Waals surface area contributed by atoms with Crippen LogP contribution in [0.2, 0.25) is 0 Å². The first kappa shape index (κ1) is 35.7. The molecule has 0 spiro atoms. The molecule has 2 heteroatoms. The van der Waals surface area contributed by atoms with Crippen LogP contribution in [0, 0.1) is 0 Å². The lowest BCUT2D eigenvalue weighted by molar-refractivity contribution is 1.18. The number of hydrogen-bond donors (Lipinski definition) is 0. The molecule has 0 aliphatic carbocycles. The predicted molar refractivity (Wildman–Crippen MR) is 264 cm³/mol. The molecule has 1 aromatic heterocycles. The molecule has 290 valence electrons. The smallest absolute Gasteiger partial charge is 0.0541 e. The van der Waals surface area contributed by atoms with Gasteiger partial charge in [0.15, 0.2) is 0 Å². The molecule has 0 N–H and O–H groups in total. The van der Waals surface area contributed by atoms with Gasteiger partial charge < -0.3 is 9.47 Å². The Hall–Kier alpha value is -8.20. The van der Waals surface area contributed by atoms with Crippen molar-refractivity contribution in [2.75, 3.05) is 4.90 Å². The summed E-state index contributed by atoms with van der Waals surface area (Å²) in [6.45, 7) is 0. The van der Waals surface area contributed by atoms with Gasteiger partial charge in [-0.25, -0.2) is 0 Å². The van der Waals surface area contributed by atoms with E-state index in [0.717, 1.165) is 22.7 Å². The third-order valence-electron chi connectivity index (χ3n) is 12.6. The molecule has 0 saturated carbocycles. The predicted octanol–water partition coefficient (Wildman–Crippen LogP) is 16.7. The van der Waals surface area contributed by atoms with E-state index in [2.05, 4.69) is 252 Å². The summed E-state index contributed by atoms with van der Waals surface area (Å²) in [5.41, 5.74) is 14.1. The van der Waals surface area contributed by atoms with Gasteiger partial charge in [-0.1, -0.05) is 188 Å². The van der Waals surface area contributed by atoms with Crippen molar-refractivity contribution in [1.82, 2.24) is 4.57 Å². The molecule has 12 aromatic rings. The molecule has 1 heterocycles. The van der Waals surface area contributed by atoms with E-state index in [9.17, 15) is 0 Å². The molecule has 0 bridgehead atoms. The molecule has 0 aliphatic rings. The van der Waals surface area contributed by atoms with E-state index >= 15 is 0 Å². The summed E-state index contributed by atoms with van der Waals surface area (Å²) < 4.78 is 2.43. The van der Waals surface area contributed by atoms with Gasteiger partial charge in [0.1, 0.15) is 0 Å². The van der Waals surface area contributed by atoms with Gasteiger partial charge in [0.2, 0.25) is 0 Å². The SMILES string of the molecule is c1ccc(N(c2ccc(-c3ccc(-c4cc5ccccc5c5ccccc45)cc3)cc2)c2ccc(-c3ccccc3-n3c4ccccc4c4ccccc43)c3ccccc23)cc1. The molecular formula is C60H40N2. The first-order valence-electron chi connectivity index (χ1n) is 21.3. The molecule has 2 nitrogen and oxygen atoms in total. The lowest BCUT2D eigenvalue weighted by atomic mass is 9.92. The van der Waals surface area contributed by atoms with Crippen LogP contribution in [0.15, 0.2) is 243 Å². The van der Waals surface area contributed by atoms with E-state index in [1.165, 1.54) is 87.5 Å². The van der Waals surface area contributed by atoms with Crippen LogP contribution in [0.1, 0.15) is 0 Å². The van der Waals surface area contributed by atoms with Gasteiger partial charge in [0, 0.05) is 33.1 Å². The minimum absolute atomic E-state index is 1.10. The van der Waals surface area contributed by atoms with Crippen molar-refractivity contribution in [2.24, 2.45) is 0 Å². The van der Waals surface area contributed by atoms with Crippen molar-refractivity contribution < 1.29 is 0 Å². The molecule has 62 heavy (non-hydrogen) atoms. The van der Waals surface area contributed by atoms with Crippen LogP contribution >= 0.6 is 0 Å². The van der Waals surface area contributed by atoms with E-state index in [1.54, 1.807) is 0 Å². The topological polar surface area (TPSA) is 8.17 Å². The largest absolute Gasteiger partial charge is 0.310 e. The van der Waals surface area contributed by atoms with Crippen LogP contribution in [-0.4, -0.2) is 4.57 Å². The summed E-state index contributed by atoms with van der Waals surface area (Å²) in [4.78, 5) is 2.39. The highest BCUT2D eigenvalue weighted by molar-refractivity contribution is 6.14. The second kappa shape index (κ2) is 14.8. The molecule has 0 amide bonds. The third kappa shape index (κ3) is 5.88. The number of hydrogen-bond acceptors (Lipinski definition) is 1. The highest BCUT2D eigenvalue weighted by Crippen LogP contribution is 2.45. The fourth-order valence-corrected chi connectivity index (χ4v) is 9.73. The second-order valence-electron chi connectivity index (χ2n) is 16.1. The number of nitrogens with zero attached hydrogens (tertiary/aromatic N) is 2. The van der Waals surface area contributed by atoms with Crippen LogP contribution in [0.4, 0.5) is 17.1 Å².